The Hall–Kier alpha value is -2.21. The van der Waals surface area contributed by atoms with Crippen LogP contribution in [0.15, 0.2) is 41.8 Å². The van der Waals surface area contributed by atoms with Crippen molar-refractivity contribution in [3.05, 3.63) is 58.0 Å². The van der Waals surface area contributed by atoms with Crippen molar-refractivity contribution in [2.45, 2.75) is 44.2 Å². The van der Waals surface area contributed by atoms with E-state index < -0.39 is 17.9 Å². The molecule has 1 heterocycles. The minimum absolute atomic E-state index is 0.102. The molecule has 1 amide bonds. The summed E-state index contributed by atoms with van der Waals surface area (Å²) in [6.07, 6.45) is 4.13. The van der Waals surface area contributed by atoms with Crippen LogP contribution >= 0.6 is 11.3 Å². The van der Waals surface area contributed by atoms with Gasteiger partial charge in [-0.1, -0.05) is 37.5 Å². The molecule has 1 aliphatic rings. The third-order valence-corrected chi connectivity index (χ3v) is 5.16. The van der Waals surface area contributed by atoms with Gasteiger partial charge in [0.2, 0.25) is 6.10 Å². The van der Waals surface area contributed by atoms with Crippen molar-refractivity contribution in [3.8, 4) is 0 Å². The molecule has 0 bridgehead atoms. The molecule has 3 rings (SSSR count). The maximum absolute atomic E-state index is 13.2. The zero-order valence-corrected chi connectivity index (χ0v) is 14.6. The van der Waals surface area contributed by atoms with Crippen LogP contribution in [-0.2, 0) is 9.53 Å². The zero-order chi connectivity index (χ0) is 17.6. The Morgan fingerprint density at radius 2 is 1.84 bits per heavy atom. The SMILES string of the molecule is O=C(O[C@H](C(=O)NC1CCCCC1)c1ccc(F)cc1)c1cccs1. The Bertz CT molecular complexity index is 709. The van der Waals surface area contributed by atoms with Crippen LogP contribution in [0.2, 0.25) is 0 Å². The van der Waals surface area contributed by atoms with Gasteiger partial charge in [0, 0.05) is 11.6 Å². The fourth-order valence-electron chi connectivity index (χ4n) is 2.99. The van der Waals surface area contributed by atoms with E-state index in [0.717, 1.165) is 25.7 Å². The first-order valence-electron chi connectivity index (χ1n) is 8.44. The summed E-state index contributed by atoms with van der Waals surface area (Å²) in [6.45, 7) is 0. The van der Waals surface area contributed by atoms with E-state index in [9.17, 15) is 14.0 Å². The van der Waals surface area contributed by atoms with Gasteiger partial charge in [-0.2, -0.15) is 0 Å². The predicted molar refractivity (Wildman–Crippen MR) is 93.9 cm³/mol. The smallest absolute Gasteiger partial charge is 0.349 e. The van der Waals surface area contributed by atoms with Gasteiger partial charge in [-0.3, -0.25) is 4.79 Å². The molecule has 1 N–H and O–H groups in total. The molecule has 25 heavy (non-hydrogen) atoms. The maximum atomic E-state index is 13.2. The van der Waals surface area contributed by atoms with Crippen molar-refractivity contribution in [1.82, 2.24) is 5.32 Å². The molecule has 1 fully saturated rings. The third-order valence-electron chi connectivity index (χ3n) is 4.31. The van der Waals surface area contributed by atoms with E-state index in [2.05, 4.69) is 5.32 Å². The number of amides is 1. The molecule has 1 atom stereocenters. The molecule has 132 valence electrons. The van der Waals surface area contributed by atoms with Gasteiger partial charge in [-0.15, -0.1) is 11.3 Å². The molecule has 1 aromatic heterocycles. The van der Waals surface area contributed by atoms with Gasteiger partial charge >= 0.3 is 5.97 Å². The van der Waals surface area contributed by atoms with Gasteiger partial charge in [0.05, 0.1) is 0 Å². The molecule has 0 saturated heterocycles. The fourth-order valence-corrected chi connectivity index (χ4v) is 3.60. The summed E-state index contributed by atoms with van der Waals surface area (Å²) in [5.41, 5.74) is 0.458. The minimum Gasteiger partial charge on any atom is -0.443 e. The largest absolute Gasteiger partial charge is 0.443 e. The highest BCUT2D eigenvalue weighted by atomic mass is 32.1. The molecule has 1 aromatic carbocycles. The second-order valence-corrected chi connectivity index (χ2v) is 7.11. The second kappa shape index (κ2) is 8.25. The van der Waals surface area contributed by atoms with Crippen molar-refractivity contribution < 1.29 is 18.7 Å². The maximum Gasteiger partial charge on any atom is 0.349 e. The van der Waals surface area contributed by atoms with Gasteiger partial charge < -0.3 is 10.1 Å². The van der Waals surface area contributed by atoms with Gasteiger partial charge in [-0.25, -0.2) is 9.18 Å². The highest BCUT2D eigenvalue weighted by Crippen LogP contribution is 2.24. The van der Waals surface area contributed by atoms with Crippen LogP contribution in [0.3, 0.4) is 0 Å². The van der Waals surface area contributed by atoms with Crippen LogP contribution in [0, 0.1) is 5.82 Å². The lowest BCUT2D eigenvalue weighted by molar-refractivity contribution is -0.131. The molecule has 2 aromatic rings. The number of nitrogens with one attached hydrogen (secondary N) is 1. The Labute approximate surface area is 150 Å². The highest BCUT2D eigenvalue weighted by molar-refractivity contribution is 7.11. The monoisotopic (exact) mass is 361 g/mol. The number of hydrogen-bond donors (Lipinski definition) is 1. The molecule has 1 saturated carbocycles. The van der Waals surface area contributed by atoms with Crippen LogP contribution in [0.4, 0.5) is 4.39 Å². The third kappa shape index (κ3) is 4.66. The number of ether oxygens (including phenoxy) is 1. The van der Waals surface area contributed by atoms with E-state index in [0.29, 0.717) is 10.4 Å². The van der Waals surface area contributed by atoms with Crippen molar-refractivity contribution in [2.75, 3.05) is 0 Å². The van der Waals surface area contributed by atoms with E-state index in [-0.39, 0.29) is 11.9 Å². The van der Waals surface area contributed by atoms with Crippen molar-refractivity contribution in [1.29, 1.82) is 0 Å². The lowest BCUT2D eigenvalue weighted by Gasteiger charge is -2.25. The Balaban J connectivity index is 1.76. The van der Waals surface area contributed by atoms with Crippen LogP contribution < -0.4 is 5.32 Å². The van der Waals surface area contributed by atoms with Gasteiger partial charge in [0.15, 0.2) is 0 Å². The van der Waals surface area contributed by atoms with E-state index in [1.165, 1.54) is 42.0 Å². The topological polar surface area (TPSA) is 55.4 Å². The number of hydrogen-bond acceptors (Lipinski definition) is 4. The van der Waals surface area contributed by atoms with Gasteiger partial charge in [0.1, 0.15) is 10.7 Å². The lowest BCUT2D eigenvalue weighted by atomic mass is 9.95. The van der Waals surface area contributed by atoms with Crippen LogP contribution in [0.25, 0.3) is 0 Å². The number of halogens is 1. The summed E-state index contributed by atoms with van der Waals surface area (Å²) in [5, 5.41) is 4.75. The fraction of sp³-hybridized carbons (Fsp3) is 0.368. The standard InChI is InChI=1S/C19H20FNO3S/c20-14-10-8-13(9-11-14)17(24-19(23)16-7-4-12-25-16)18(22)21-15-5-2-1-3-6-15/h4,7-12,15,17H,1-3,5-6H2,(H,21,22)/t17-/m0/s1. The normalized spacial score (nSPS) is 16.2. The van der Waals surface area contributed by atoms with Gasteiger partial charge in [-0.05, 0) is 36.4 Å². The minimum atomic E-state index is -1.09. The first-order chi connectivity index (χ1) is 12.1. The number of carbonyl (C=O) groups excluding carboxylic acids is 2. The summed E-state index contributed by atoms with van der Waals surface area (Å²) in [7, 11) is 0. The molecule has 0 aliphatic heterocycles. The number of rotatable bonds is 5. The van der Waals surface area contributed by atoms with Crippen molar-refractivity contribution in [2.24, 2.45) is 0 Å². The van der Waals surface area contributed by atoms with E-state index in [1.54, 1.807) is 17.5 Å². The van der Waals surface area contributed by atoms with Gasteiger partial charge in [0.25, 0.3) is 5.91 Å². The number of carbonyl (C=O) groups is 2. The van der Waals surface area contributed by atoms with E-state index in [1.807, 2.05) is 0 Å². The van der Waals surface area contributed by atoms with E-state index in [4.69, 9.17) is 4.74 Å². The lowest BCUT2D eigenvalue weighted by Crippen LogP contribution is -2.40. The average Bonchev–Trinajstić information content (AvgIpc) is 3.16. The molecule has 0 unspecified atom stereocenters. The molecule has 6 heteroatoms. The zero-order valence-electron chi connectivity index (χ0n) is 13.7. The summed E-state index contributed by atoms with van der Waals surface area (Å²) in [5.74, 6) is -1.31. The van der Waals surface area contributed by atoms with Crippen molar-refractivity contribution in [3.63, 3.8) is 0 Å². The Kier molecular flexibility index (Phi) is 5.81. The number of benzene rings is 1. The number of esters is 1. The number of thiophene rings is 1. The summed E-state index contributed by atoms with van der Waals surface area (Å²) in [4.78, 5) is 25.4. The molecule has 1 aliphatic carbocycles. The second-order valence-electron chi connectivity index (χ2n) is 6.16. The van der Waals surface area contributed by atoms with Crippen LogP contribution in [0.5, 0.6) is 0 Å². The molecule has 4 nitrogen and oxygen atoms in total. The molecular weight excluding hydrogens is 341 g/mol. The summed E-state index contributed by atoms with van der Waals surface area (Å²) < 4.78 is 18.7. The van der Waals surface area contributed by atoms with E-state index >= 15 is 0 Å². The summed E-state index contributed by atoms with van der Waals surface area (Å²) >= 11 is 1.25. The van der Waals surface area contributed by atoms with Crippen LogP contribution in [-0.4, -0.2) is 17.9 Å². The highest BCUT2D eigenvalue weighted by Gasteiger charge is 2.28. The molecular formula is C19H20FNO3S. The quantitative estimate of drug-likeness (QED) is 0.811. The Morgan fingerprint density at radius 1 is 1.12 bits per heavy atom. The van der Waals surface area contributed by atoms with Crippen molar-refractivity contribution >= 4 is 23.2 Å². The average molecular weight is 361 g/mol. The first kappa shape index (κ1) is 17.6. The Morgan fingerprint density at radius 3 is 2.48 bits per heavy atom. The summed E-state index contributed by atoms with van der Waals surface area (Å²) in [6, 6.07) is 8.96. The molecule has 0 radical (unpaired) electrons. The van der Waals surface area contributed by atoms with Crippen LogP contribution in [0.1, 0.15) is 53.4 Å². The predicted octanol–water partition coefficient (Wildman–Crippen LogP) is 4.23. The first-order valence-corrected chi connectivity index (χ1v) is 9.32. The molecule has 0 spiro atoms.